The summed E-state index contributed by atoms with van der Waals surface area (Å²) in [4.78, 5) is 0. The Balaban J connectivity index is 2.11. The van der Waals surface area contributed by atoms with Gasteiger partial charge in [0.05, 0.1) is 0 Å². The SMILES string of the molecule is Cc1ccc2c(c1)c(C1CCNCC1)cn2C. The first kappa shape index (κ1) is 10.8. The summed E-state index contributed by atoms with van der Waals surface area (Å²) in [5.74, 6) is 0.738. The molecule has 1 aromatic heterocycles. The lowest BCUT2D eigenvalue weighted by Crippen LogP contribution is -2.26. The normalized spacial score (nSPS) is 17.8. The van der Waals surface area contributed by atoms with Crippen LogP contribution in [0.1, 0.15) is 29.9 Å². The van der Waals surface area contributed by atoms with E-state index in [0.29, 0.717) is 0 Å². The molecular formula is C15H20N2. The second-order valence-electron chi connectivity index (χ2n) is 5.24. The third-order valence-electron chi connectivity index (χ3n) is 3.95. The van der Waals surface area contributed by atoms with E-state index in [1.807, 2.05) is 0 Å². The summed E-state index contributed by atoms with van der Waals surface area (Å²) >= 11 is 0. The Morgan fingerprint density at radius 3 is 2.76 bits per heavy atom. The van der Waals surface area contributed by atoms with Crippen LogP contribution in [0.15, 0.2) is 24.4 Å². The Kier molecular flexibility index (Phi) is 2.67. The molecule has 0 radical (unpaired) electrons. The first-order valence-electron chi connectivity index (χ1n) is 6.52. The molecule has 1 aliphatic heterocycles. The first-order valence-corrected chi connectivity index (χ1v) is 6.52. The number of fused-ring (bicyclic) bond motifs is 1. The maximum Gasteiger partial charge on any atom is 0.0480 e. The molecular weight excluding hydrogens is 208 g/mol. The number of hydrogen-bond donors (Lipinski definition) is 1. The van der Waals surface area contributed by atoms with Gasteiger partial charge in [-0.05, 0) is 56.5 Å². The molecule has 1 N–H and O–H groups in total. The lowest BCUT2D eigenvalue weighted by Gasteiger charge is -2.22. The van der Waals surface area contributed by atoms with Crippen molar-refractivity contribution in [2.45, 2.75) is 25.7 Å². The highest BCUT2D eigenvalue weighted by atomic mass is 14.9. The molecule has 2 heterocycles. The van der Waals surface area contributed by atoms with Gasteiger partial charge in [0, 0.05) is 24.1 Å². The maximum absolute atomic E-state index is 3.44. The number of nitrogens with one attached hydrogen (secondary N) is 1. The van der Waals surface area contributed by atoms with Crippen LogP contribution >= 0.6 is 0 Å². The average Bonchev–Trinajstić information content (AvgIpc) is 2.67. The number of rotatable bonds is 1. The average molecular weight is 228 g/mol. The molecule has 1 fully saturated rings. The summed E-state index contributed by atoms with van der Waals surface area (Å²) in [6.07, 6.45) is 4.88. The Bertz CT molecular complexity index is 533. The number of hydrogen-bond acceptors (Lipinski definition) is 1. The van der Waals surface area contributed by atoms with E-state index in [1.54, 1.807) is 5.56 Å². The van der Waals surface area contributed by atoms with Crippen LogP contribution in [0.25, 0.3) is 10.9 Å². The van der Waals surface area contributed by atoms with E-state index in [-0.39, 0.29) is 0 Å². The molecule has 3 rings (SSSR count). The predicted molar refractivity (Wildman–Crippen MR) is 72.5 cm³/mol. The summed E-state index contributed by atoms with van der Waals surface area (Å²) in [5, 5.41) is 4.90. The minimum atomic E-state index is 0.738. The van der Waals surface area contributed by atoms with Crippen LogP contribution in [0.2, 0.25) is 0 Å². The molecule has 90 valence electrons. The Morgan fingerprint density at radius 1 is 1.24 bits per heavy atom. The molecule has 2 aromatic rings. The number of aromatic nitrogens is 1. The molecule has 1 aliphatic rings. The zero-order chi connectivity index (χ0) is 11.8. The van der Waals surface area contributed by atoms with Crippen LogP contribution in [-0.2, 0) is 7.05 Å². The highest BCUT2D eigenvalue weighted by Crippen LogP contribution is 2.32. The first-order chi connectivity index (χ1) is 8.25. The molecule has 2 nitrogen and oxygen atoms in total. The zero-order valence-electron chi connectivity index (χ0n) is 10.7. The van der Waals surface area contributed by atoms with Crippen molar-refractivity contribution in [1.82, 2.24) is 9.88 Å². The molecule has 0 spiro atoms. The second kappa shape index (κ2) is 4.19. The van der Waals surface area contributed by atoms with Crippen molar-refractivity contribution in [1.29, 1.82) is 0 Å². The minimum absolute atomic E-state index is 0.738. The fourth-order valence-electron chi connectivity index (χ4n) is 2.99. The molecule has 1 aromatic carbocycles. The van der Waals surface area contributed by atoms with Crippen LogP contribution in [0.4, 0.5) is 0 Å². The molecule has 0 saturated carbocycles. The fraction of sp³-hybridized carbons (Fsp3) is 0.467. The van der Waals surface area contributed by atoms with Crippen molar-refractivity contribution < 1.29 is 0 Å². The van der Waals surface area contributed by atoms with Crippen LogP contribution in [0.5, 0.6) is 0 Å². The van der Waals surface area contributed by atoms with Crippen molar-refractivity contribution in [3.8, 4) is 0 Å². The quantitative estimate of drug-likeness (QED) is 0.794. The highest BCUT2D eigenvalue weighted by molar-refractivity contribution is 5.85. The molecule has 0 bridgehead atoms. The van der Waals surface area contributed by atoms with Gasteiger partial charge in [0.2, 0.25) is 0 Å². The van der Waals surface area contributed by atoms with E-state index < -0.39 is 0 Å². The largest absolute Gasteiger partial charge is 0.350 e. The van der Waals surface area contributed by atoms with Gasteiger partial charge in [-0.15, -0.1) is 0 Å². The Labute approximate surface area is 103 Å². The topological polar surface area (TPSA) is 17.0 Å². The third-order valence-corrected chi connectivity index (χ3v) is 3.95. The van der Waals surface area contributed by atoms with E-state index in [4.69, 9.17) is 0 Å². The smallest absolute Gasteiger partial charge is 0.0480 e. The molecule has 0 unspecified atom stereocenters. The highest BCUT2D eigenvalue weighted by Gasteiger charge is 2.19. The zero-order valence-corrected chi connectivity index (χ0v) is 10.7. The van der Waals surface area contributed by atoms with E-state index >= 15 is 0 Å². The minimum Gasteiger partial charge on any atom is -0.350 e. The van der Waals surface area contributed by atoms with Crippen molar-refractivity contribution in [3.05, 3.63) is 35.5 Å². The van der Waals surface area contributed by atoms with Gasteiger partial charge < -0.3 is 9.88 Å². The lowest BCUT2D eigenvalue weighted by molar-refractivity contribution is 0.462. The Hall–Kier alpha value is -1.28. The predicted octanol–water partition coefficient (Wildman–Crippen LogP) is 2.95. The van der Waals surface area contributed by atoms with E-state index in [9.17, 15) is 0 Å². The van der Waals surface area contributed by atoms with Gasteiger partial charge >= 0.3 is 0 Å². The maximum atomic E-state index is 3.44. The van der Waals surface area contributed by atoms with Gasteiger partial charge in [0.15, 0.2) is 0 Å². The molecule has 0 aliphatic carbocycles. The Morgan fingerprint density at radius 2 is 2.00 bits per heavy atom. The van der Waals surface area contributed by atoms with Gasteiger partial charge in [0.1, 0.15) is 0 Å². The molecule has 1 saturated heterocycles. The summed E-state index contributed by atoms with van der Waals surface area (Å²) < 4.78 is 2.27. The van der Waals surface area contributed by atoms with Crippen molar-refractivity contribution >= 4 is 10.9 Å². The summed E-state index contributed by atoms with van der Waals surface area (Å²) in [7, 11) is 2.16. The van der Waals surface area contributed by atoms with Crippen molar-refractivity contribution in [2.24, 2.45) is 7.05 Å². The van der Waals surface area contributed by atoms with Crippen molar-refractivity contribution in [2.75, 3.05) is 13.1 Å². The monoisotopic (exact) mass is 228 g/mol. The summed E-state index contributed by atoms with van der Waals surface area (Å²) in [5.41, 5.74) is 4.27. The van der Waals surface area contributed by atoms with Gasteiger partial charge in [-0.25, -0.2) is 0 Å². The lowest BCUT2D eigenvalue weighted by atomic mass is 9.90. The van der Waals surface area contributed by atoms with Gasteiger partial charge in [-0.1, -0.05) is 11.6 Å². The summed E-state index contributed by atoms with van der Waals surface area (Å²) in [6.45, 7) is 4.50. The molecule has 2 heteroatoms. The number of benzene rings is 1. The van der Waals surface area contributed by atoms with Crippen LogP contribution < -0.4 is 5.32 Å². The van der Waals surface area contributed by atoms with Crippen LogP contribution in [0.3, 0.4) is 0 Å². The number of nitrogens with zero attached hydrogens (tertiary/aromatic N) is 1. The van der Waals surface area contributed by atoms with Crippen molar-refractivity contribution in [3.63, 3.8) is 0 Å². The summed E-state index contributed by atoms with van der Waals surface area (Å²) in [6, 6.07) is 6.79. The standard InChI is InChI=1S/C15H20N2/c1-11-3-4-15-13(9-11)14(10-17(15)2)12-5-7-16-8-6-12/h3-4,9-10,12,16H,5-8H2,1-2H3. The fourth-order valence-corrected chi connectivity index (χ4v) is 2.99. The number of piperidine rings is 1. The molecule has 0 atom stereocenters. The third kappa shape index (κ3) is 1.87. The van der Waals surface area contributed by atoms with Gasteiger partial charge in [-0.2, -0.15) is 0 Å². The van der Waals surface area contributed by atoms with E-state index in [0.717, 1.165) is 19.0 Å². The van der Waals surface area contributed by atoms with Gasteiger partial charge in [0.25, 0.3) is 0 Å². The second-order valence-corrected chi connectivity index (χ2v) is 5.24. The van der Waals surface area contributed by atoms with E-state index in [2.05, 4.69) is 48.3 Å². The van der Waals surface area contributed by atoms with E-state index in [1.165, 1.54) is 29.3 Å². The number of aryl methyl sites for hydroxylation is 2. The van der Waals surface area contributed by atoms with Gasteiger partial charge in [-0.3, -0.25) is 0 Å². The van der Waals surface area contributed by atoms with Crippen LogP contribution in [0, 0.1) is 6.92 Å². The van der Waals surface area contributed by atoms with Crippen LogP contribution in [-0.4, -0.2) is 17.7 Å². The molecule has 17 heavy (non-hydrogen) atoms. The molecule has 0 amide bonds.